The number of aromatic nitrogens is 1. The van der Waals surface area contributed by atoms with E-state index in [0.29, 0.717) is 5.56 Å². The molecule has 1 unspecified atom stereocenters. The van der Waals surface area contributed by atoms with Crippen LogP contribution < -0.4 is 0 Å². The van der Waals surface area contributed by atoms with Crippen LogP contribution in [-0.2, 0) is 12.0 Å². The van der Waals surface area contributed by atoms with Gasteiger partial charge in [0.2, 0.25) is 0 Å². The van der Waals surface area contributed by atoms with Crippen LogP contribution in [0.5, 0.6) is 0 Å². The Labute approximate surface area is 152 Å². The van der Waals surface area contributed by atoms with E-state index < -0.39 is 0 Å². The van der Waals surface area contributed by atoms with Crippen LogP contribution in [0.3, 0.4) is 0 Å². The molecule has 25 heavy (non-hydrogen) atoms. The van der Waals surface area contributed by atoms with Crippen molar-refractivity contribution < 1.29 is 4.39 Å². The quantitative estimate of drug-likeness (QED) is 0.671. The summed E-state index contributed by atoms with van der Waals surface area (Å²) in [5.74, 6) is -0.130. The van der Waals surface area contributed by atoms with Gasteiger partial charge in [0.05, 0.1) is 5.41 Å². The minimum absolute atomic E-state index is 0.130. The number of halogens is 1. The van der Waals surface area contributed by atoms with Gasteiger partial charge in [0, 0.05) is 24.7 Å². The summed E-state index contributed by atoms with van der Waals surface area (Å²) in [4.78, 5) is 7.06. The zero-order valence-electron chi connectivity index (χ0n) is 14.3. The molecular weight excluding hydrogens is 331 g/mol. The smallest absolute Gasteiger partial charge is 0.126 e. The second-order valence-electron chi connectivity index (χ2n) is 6.83. The van der Waals surface area contributed by atoms with Crippen LogP contribution in [-0.4, -0.2) is 23.0 Å². The third kappa shape index (κ3) is 3.12. The molecule has 1 aliphatic rings. The van der Waals surface area contributed by atoms with E-state index in [1.54, 1.807) is 17.4 Å². The van der Waals surface area contributed by atoms with E-state index in [9.17, 15) is 4.39 Å². The number of nitrogens with zero attached hydrogens (tertiary/aromatic N) is 2. The van der Waals surface area contributed by atoms with Crippen molar-refractivity contribution in [1.29, 1.82) is 0 Å². The fourth-order valence-electron chi connectivity index (χ4n) is 3.75. The predicted octanol–water partition coefficient (Wildman–Crippen LogP) is 4.78. The van der Waals surface area contributed by atoms with Crippen molar-refractivity contribution in [2.45, 2.75) is 25.3 Å². The van der Waals surface area contributed by atoms with Crippen LogP contribution in [0, 0.1) is 12.7 Å². The number of aryl methyl sites for hydroxylation is 1. The second kappa shape index (κ2) is 6.70. The highest BCUT2D eigenvalue weighted by Crippen LogP contribution is 2.42. The maximum Gasteiger partial charge on any atom is 0.126 e. The number of likely N-dealkylation sites (tertiary alicyclic amines) is 1. The van der Waals surface area contributed by atoms with Gasteiger partial charge in [0.15, 0.2) is 0 Å². The molecule has 2 nitrogen and oxygen atoms in total. The summed E-state index contributed by atoms with van der Waals surface area (Å²) in [6.07, 6.45) is 2.82. The summed E-state index contributed by atoms with van der Waals surface area (Å²) < 4.78 is 14.3. The summed E-state index contributed by atoms with van der Waals surface area (Å²) in [6.45, 7) is 4.59. The van der Waals surface area contributed by atoms with E-state index in [1.807, 2.05) is 30.6 Å². The molecule has 4 heteroatoms. The number of hydrogen-bond donors (Lipinski definition) is 0. The Kier molecular flexibility index (Phi) is 4.40. The summed E-state index contributed by atoms with van der Waals surface area (Å²) in [7, 11) is 0. The van der Waals surface area contributed by atoms with E-state index in [4.69, 9.17) is 0 Å². The van der Waals surface area contributed by atoms with Crippen LogP contribution in [0.2, 0.25) is 0 Å². The predicted molar refractivity (Wildman–Crippen MR) is 100 cm³/mol. The summed E-state index contributed by atoms with van der Waals surface area (Å²) >= 11 is 1.67. The SMILES string of the molecule is Cc1ccc(C2(c3nccs3)CCN(Cc3ccccc3)C2)cc1F. The maximum atomic E-state index is 14.3. The second-order valence-corrected chi connectivity index (χ2v) is 7.72. The van der Waals surface area contributed by atoms with Crippen LogP contribution in [0.15, 0.2) is 60.1 Å². The van der Waals surface area contributed by atoms with Gasteiger partial charge < -0.3 is 0 Å². The third-order valence-corrected chi connectivity index (χ3v) is 6.14. The molecule has 1 aromatic heterocycles. The van der Waals surface area contributed by atoms with Crippen LogP contribution >= 0.6 is 11.3 Å². The van der Waals surface area contributed by atoms with E-state index in [-0.39, 0.29) is 11.2 Å². The van der Waals surface area contributed by atoms with Gasteiger partial charge in [0.1, 0.15) is 10.8 Å². The van der Waals surface area contributed by atoms with Gasteiger partial charge >= 0.3 is 0 Å². The molecule has 0 N–H and O–H groups in total. The molecule has 1 saturated heterocycles. The first kappa shape index (κ1) is 16.4. The largest absolute Gasteiger partial charge is 0.298 e. The van der Waals surface area contributed by atoms with Crippen molar-refractivity contribution in [3.8, 4) is 0 Å². The van der Waals surface area contributed by atoms with Crippen molar-refractivity contribution in [2.24, 2.45) is 0 Å². The topological polar surface area (TPSA) is 16.1 Å². The molecule has 1 atom stereocenters. The molecule has 0 aliphatic carbocycles. The van der Waals surface area contributed by atoms with E-state index in [0.717, 1.165) is 36.6 Å². The van der Waals surface area contributed by atoms with Gasteiger partial charge in [-0.3, -0.25) is 4.90 Å². The molecule has 0 radical (unpaired) electrons. The van der Waals surface area contributed by atoms with Gasteiger partial charge in [-0.15, -0.1) is 11.3 Å². The maximum absolute atomic E-state index is 14.3. The van der Waals surface area contributed by atoms with Crippen molar-refractivity contribution in [3.63, 3.8) is 0 Å². The highest BCUT2D eigenvalue weighted by Gasteiger charge is 2.43. The third-order valence-electron chi connectivity index (χ3n) is 5.16. The number of hydrogen-bond acceptors (Lipinski definition) is 3. The first-order valence-corrected chi connectivity index (χ1v) is 9.48. The summed E-state index contributed by atoms with van der Waals surface area (Å²) in [5, 5.41) is 3.10. The molecule has 0 bridgehead atoms. The van der Waals surface area contributed by atoms with Gasteiger partial charge in [-0.05, 0) is 42.6 Å². The van der Waals surface area contributed by atoms with Crippen LogP contribution in [0.25, 0.3) is 0 Å². The first-order chi connectivity index (χ1) is 12.2. The van der Waals surface area contributed by atoms with Crippen LogP contribution in [0.1, 0.15) is 28.1 Å². The van der Waals surface area contributed by atoms with E-state index >= 15 is 0 Å². The highest BCUT2D eigenvalue weighted by molar-refractivity contribution is 7.09. The van der Waals surface area contributed by atoms with Crippen molar-refractivity contribution in [1.82, 2.24) is 9.88 Å². The standard InChI is InChI=1S/C21H21FN2S/c1-16-7-8-18(13-19(16)22)21(20-23-10-12-25-20)9-11-24(15-21)14-17-5-3-2-4-6-17/h2-8,10,12-13H,9,11,14-15H2,1H3. The zero-order valence-corrected chi connectivity index (χ0v) is 15.1. The lowest BCUT2D eigenvalue weighted by Gasteiger charge is -2.28. The monoisotopic (exact) mass is 352 g/mol. The Balaban J connectivity index is 1.67. The average Bonchev–Trinajstić information content (AvgIpc) is 3.29. The lowest BCUT2D eigenvalue weighted by Crippen LogP contribution is -2.32. The number of rotatable bonds is 4. The Morgan fingerprint density at radius 3 is 2.76 bits per heavy atom. The zero-order chi connectivity index (χ0) is 17.3. The highest BCUT2D eigenvalue weighted by atomic mass is 32.1. The Hall–Kier alpha value is -2.04. The fourth-order valence-corrected chi connectivity index (χ4v) is 4.63. The van der Waals surface area contributed by atoms with Gasteiger partial charge in [-0.1, -0.05) is 42.5 Å². The average molecular weight is 352 g/mol. The molecule has 1 aliphatic heterocycles. The number of thiazole rings is 1. The molecule has 0 spiro atoms. The fraction of sp³-hybridized carbons (Fsp3) is 0.286. The molecule has 0 amide bonds. The molecular formula is C21H21FN2S. The van der Waals surface area contributed by atoms with E-state index in [1.165, 1.54) is 5.56 Å². The molecule has 1 fully saturated rings. The Morgan fingerprint density at radius 1 is 1.20 bits per heavy atom. The lowest BCUT2D eigenvalue weighted by molar-refractivity contribution is 0.314. The summed E-state index contributed by atoms with van der Waals surface area (Å²) in [5.41, 5.74) is 2.84. The molecule has 0 saturated carbocycles. The van der Waals surface area contributed by atoms with Crippen molar-refractivity contribution >= 4 is 11.3 Å². The molecule has 2 aromatic carbocycles. The number of benzene rings is 2. The van der Waals surface area contributed by atoms with Crippen LogP contribution in [0.4, 0.5) is 4.39 Å². The minimum atomic E-state index is -0.211. The molecule has 2 heterocycles. The minimum Gasteiger partial charge on any atom is -0.298 e. The first-order valence-electron chi connectivity index (χ1n) is 8.60. The van der Waals surface area contributed by atoms with Gasteiger partial charge in [-0.2, -0.15) is 0 Å². The van der Waals surface area contributed by atoms with Crippen molar-refractivity contribution in [3.05, 3.63) is 87.6 Å². The van der Waals surface area contributed by atoms with E-state index in [2.05, 4.69) is 40.2 Å². The van der Waals surface area contributed by atoms with Gasteiger partial charge in [-0.25, -0.2) is 9.37 Å². The molecule has 128 valence electrons. The van der Waals surface area contributed by atoms with Crippen molar-refractivity contribution in [2.75, 3.05) is 13.1 Å². The van der Waals surface area contributed by atoms with Gasteiger partial charge in [0.25, 0.3) is 0 Å². The Morgan fingerprint density at radius 2 is 2.04 bits per heavy atom. The Bertz CT molecular complexity index is 848. The normalized spacial score (nSPS) is 20.9. The lowest BCUT2D eigenvalue weighted by atomic mass is 9.80. The summed E-state index contributed by atoms with van der Waals surface area (Å²) in [6, 6.07) is 16.2. The molecule has 4 rings (SSSR count). The molecule has 3 aromatic rings.